The van der Waals surface area contributed by atoms with Gasteiger partial charge in [0.25, 0.3) is 0 Å². The number of benzene rings is 1. The first-order valence-electron chi connectivity index (χ1n) is 5.53. The van der Waals surface area contributed by atoms with Gasteiger partial charge in [0.1, 0.15) is 6.54 Å². The predicted molar refractivity (Wildman–Crippen MR) is 72.3 cm³/mol. The molecule has 0 radical (unpaired) electrons. The van der Waals surface area contributed by atoms with Gasteiger partial charge in [-0.2, -0.15) is 13.2 Å². The molecule has 0 bridgehead atoms. The van der Waals surface area contributed by atoms with Crippen molar-refractivity contribution in [1.29, 1.82) is 0 Å². The summed E-state index contributed by atoms with van der Waals surface area (Å²) >= 11 is 9.05. The Morgan fingerprint density at radius 2 is 2.00 bits per heavy atom. The monoisotopic (exact) mass is 343 g/mol. The molecule has 0 atom stereocenters. The fraction of sp³-hybridized carbons (Fsp3) is 0.500. The molecule has 1 aromatic rings. The lowest BCUT2D eigenvalue weighted by molar-refractivity contribution is -0.119. The van der Waals surface area contributed by atoms with Gasteiger partial charge < -0.3 is 4.90 Å². The Labute approximate surface area is 118 Å². The lowest BCUT2D eigenvalue weighted by atomic mass is 10.1. The molecule has 0 heterocycles. The summed E-state index contributed by atoms with van der Waals surface area (Å²) in [7, 11) is 0. The second kappa shape index (κ2) is 6.66. The first kappa shape index (κ1) is 15.6. The summed E-state index contributed by atoms with van der Waals surface area (Å²) in [6, 6.07) is 5.20. The van der Waals surface area contributed by atoms with Gasteiger partial charge in [-0.05, 0) is 24.1 Å². The number of anilines is 1. The smallest absolute Gasteiger partial charge is 0.362 e. The van der Waals surface area contributed by atoms with E-state index in [0.29, 0.717) is 24.2 Å². The maximum atomic E-state index is 12.6. The van der Waals surface area contributed by atoms with Gasteiger partial charge in [-0.25, -0.2) is 0 Å². The zero-order chi connectivity index (χ0) is 13.8. The van der Waals surface area contributed by atoms with E-state index < -0.39 is 12.7 Å². The van der Waals surface area contributed by atoms with Crippen molar-refractivity contribution in [2.24, 2.45) is 0 Å². The maximum Gasteiger partial charge on any atom is 0.405 e. The largest absolute Gasteiger partial charge is 0.405 e. The number of rotatable bonds is 5. The zero-order valence-corrected chi connectivity index (χ0v) is 12.2. The molecule has 0 aliphatic rings. The van der Waals surface area contributed by atoms with E-state index in [1.165, 1.54) is 4.90 Å². The molecule has 0 fully saturated rings. The van der Waals surface area contributed by atoms with Crippen LogP contribution < -0.4 is 4.90 Å². The molecular formula is C12H14BrClF3N. The number of nitrogens with zero attached hydrogens (tertiary/aromatic N) is 1. The first-order chi connectivity index (χ1) is 8.37. The van der Waals surface area contributed by atoms with Gasteiger partial charge >= 0.3 is 6.18 Å². The summed E-state index contributed by atoms with van der Waals surface area (Å²) in [5.74, 6) is 0.195. The van der Waals surface area contributed by atoms with E-state index >= 15 is 0 Å². The zero-order valence-electron chi connectivity index (χ0n) is 9.90. The lowest BCUT2D eigenvalue weighted by Crippen LogP contribution is -2.35. The Morgan fingerprint density at radius 1 is 1.33 bits per heavy atom. The van der Waals surface area contributed by atoms with Gasteiger partial charge in [0.15, 0.2) is 0 Å². The topological polar surface area (TPSA) is 3.24 Å². The average Bonchev–Trinajstić information content (AvgIpc) is 2.26. The number of hydrogen-bond acceptors (Lipinski definition) is 1. The molecule has 1 rings (SSSR count). The van der Waals surface area contributed by atoms with Crippen LogP contribution in [0.1, 0.15) is 18.9 Å². The van der Waals surface area contributed by atoms with Crippen LogP contribution in [0, 0.1) is 0 Å². The molecule has 0 unspecified atom stereocenters. The van der Waals surface area contributed by atoms with Gasteiger partial charge in [-0.1, -0.05) is 28.9 Å². The lowest BCUT2D eigenvalue weighted by Gasteiger charge is -2.27. The van der Waals surface area contributed by atoms with E-state index in [1.54, 1.807) is 18.2 Å². The van der Waals surface area contributed by atoms with Gasteiger partial charge in [0.2, 0.25) is 0 Å². The van der Waals surface area contributed by atoms with Gasteiger partial charge in [0, 0.05) is 22.6 Å². The van der Waals surface area contributed by atoms with Crippen LogP contribution in [0.15, 0.2) is 22.7 Å². The third-order valence-corrected chi connectivity index (χ3v) is 3.18. The molecule has 102 valence electrons. The highest BCUT2D eigenvalue weighted by atomic mass is 79.9. The van der Waals surface area contributed by atoms with Crippen LogP contribution >= 0.6 is 27.5 Å². The minimum absolute atomic E-state index is 0.195. The normalized spacial score (nSPS) is 11.7. The molecule has 0 amide bonds. The molecule has 0 saturated heterocycles. The highest BCUT2D eigenvalue weighted by Crippen LogP contribution is 2.29. The molecule has 1 aromatic carbocycles. The van der Waals surface area contributed by atoms with E-state index in [1.807, 2.05) is 6.92 Å². The number of halogens is 5. The van der Waals surface area contributed by atoms with Crippen LogP contribution in [0.3, 0.4) is 0 Å². The van der Waals surface area contributed by atoms with Gasteiger partial charge in [-0.15, -0.1) is 11.6 Å². The quantitative estimate of drug-likeness (QED) is 0.682. The summed E-state index contributed by atoms with van der Waals surface area (Å²) in [4.78, 5) is 1.32. The Bertz CT molecular complexity index is 395. The van der Waals surface area contributed by atoms with Crippen LogP contribution in [0.4, 0.5) is 18.9 Å². The molecule has 18 heavy (non-hydrogen) atoms. The molecule has 0 N–H and O–H groups in total. The van der Waals surface area contributed by atoms with Crippen molar-refractivity contribution in [1.82, 2.24) is 0 Å². The number of hydrogen-bond donors (Lipinski definition) is 0. The van der Waals surface area contributed by atoms with Crippen LogP contribution in [-0.2, 0) is 5.88 Å². The predicted octanol–water partition coefficient (Wildman–Crippen LogP) is 4.97. The molecule has 1 nitrogen and oxygen atoms in total. The second-order valence-corrected chi connectivity index (χ2v) is 5.13. The highest BCUT2D eigenvalue weighted by molar-refractivity contribution is 9.10. The third-order valence-electron chi connectivity index (χ3n) is 2.40. The van der Waals surface area contributed by atoms with E-state index in [4.69, 9.17) is 11.6 Å². The molecule has 0 aromatic heterocycles. The maximum absolute atomic E-state index is 12.6. The van der Waals surface area contributed by atoms with E-state index in [-0.39, 0.29) is 5.88 Å². The standard InChI is InChI=1S/C12H14BrClF3N/c1-2-5-18(8-12(15,16)17)11-6-10(13)4-3-9(11)7-14/h3-4,6H,2,5,7-8H2,1H3. The van der Waals surface area contributed by atoms with Crippen molar-refractivity contribution < 1.29 is 13.2 Å². The Kier molecular flexibility index (Phi) is 5.79. The highest BCUT2D eigenvalue weighted by Gasteiger charge is 2.31. The van der Waals surface area contributed by atoms with Crippen LogP contribution in [0.25, 0.3) is 0 Å². The van der Waals surface area contributed by atoms with Crippen molar-refractivity contribution in [3.63, 3.8) is 0 Å². The van der Waals surface area contributed by atoms with E-state index in [0.717, 1.165) is 4.47 Å². The van der Waals surface area contributed by atoms with E-state index in [2.05, 4.69) is 15.9 Å². The fourth-order valence-corrected chi connectivity index (χ4v) is 2.29. The van der Waals surface area contributed by atoms with Crippen molar-refractivity contribution in [2.75, 3.05) is 18.0 Å². The molecular weight excluding hydrogens is 330 g/mol. The SMILES string of the molecule is CCCN(CC(F)(F)F)c1cc(Br)ccc1CCl. The van der Waals surface area contributed by atoms with Crippen molar-refractivity contribution >= 4 is 33.2 Å². The molecule has 0 spiro atoms. The second-order valence-electron chi connectivity index (χ2n) is 3.94. The van der Waals surface area contributed by atoms with E-state index in [9.17, 15) is 13.2 Å². The van der Waals surface area contributed by atoms with Crippen molar-refractivity contribution in [3.8, 4) is 0 Å². The summed E-state index contributed by atoms with van der Waals surface area (Å²) in [5, 5.41) is 0. The Hall–Kier alpha value is -0.420. The summed E-state index contributed by atoms with van der Waals surface area (Å²) in [5.41, 5.74) is 1.25. The average molecular weight is 345 g/mol. The summed E-state index contributed by atoms with van der Waals surface area (Å²) in [6.45, 7) is 1.24. The Morgan fingerprint density at radius 3 is 2.50 bits per heavy atom. The van der Waals surface area contributed by atoms with Crippen molar-refractivity contribution in [3.05, 3.63) is 28.2 Å². The van der Waals surface area contributed by atoms with Gasteiger partial charge in [0.05, 0.1) is 0 Å². The van der Waals surface area contributed by atoms with Gasteiger partial charge in [-0.3, -0.25) is 0 Å². The fourth-order valence-electron chi connectivity index (χ4n) is 1.72. The van der Waals surface area contributed by atoms with Crippen LogP contribution in [-0.4, -0.2) is 19.3 Å². The Balaban J connectivity index is 3.07. The minimum Gasteiger partial charge on any atom is -0.362 e. The summed E-state index contributed by atoms with van der Waals surface area (Å²) in [6.07, 6.45) is -3.58. The summed E-state index contributed by atoms with van der Waals surface area (Å²) < 4.78 is 38.4. The third kappa shape index (κ3) is 4.69. The molecule has 0 saturated carbocycles. The van der Waals surface area contributed by atoms with Crippen LogP contribution in [0.2, 0.25) is 0 Å². The molecule has 0 aliphatic heterocycles. The molecule has 0 aliphatic carbocycles. The number of alkyl halides is 4. The van der Waals surface area contributed by atoms with Crippen molar-refractivity contribution in [2.45, 2.75) is 25.4 Å². The molecule has 6 heteroatoms. The first-order valence-corrected chi connectivity index (χ1v) is 6.86. The minimum atomic E-state index is -4.22. The van der Waals surface area contributed by atoms with Crippen LogP contribution in [0.5, 0.6) is 0 Å².